The lowest BCUT2D eigenvalue weighted by molar-refractivity contribution is -0.184. The van der Waals surface area contributed by atoms with Crippen LogP contribution in [0, 0.1) is 5.41 Å². The SMILES string of the molecule is CCOC1CC(N(C)C(=O)Cc2ccc(OC)cn2)C12CCCCC2. The maximum Gasteiger partial charge on any atom is 0.228 e. The average Bonchev–Trinajstić information content (AvgIpc) is 2.65. The van der Waals surface area contributed by atoms with Crippen molar-refractivity contribution in [2.75, 3.05) is 20.8 Å². The Morgan fingerprint density at radius 3 is 2.68 bits per heavy atom. The zero-order valence-corrected chi connectivity index (χ0v) is 15.7. The van der Waals surface area contributed by atoms with Gasteiger partial charge in [-0.3, -0.25) is 9.78 Å². The summed E-state index contributed by atoms with van der Waals surface area (Å²) in [5.74, 6) is 0.854. The fraction of sp³-hybridized carbons (Fsp3) is 0.700. The van der Waals surface area contributed by atoms with Crippen molar-refractivity contribution in [3.05, 3.63) is 24.0 Å². The van der Waals surface area contributed by atoms with Gasteiger partial charge >= 0.3 is 0 Å². The lowest BCUT2D eigenvalue weighted by Gasteiger charge is -2.60. The van der Waals surface area contributed by atoms with Crippen molar-refractivity contribution in [1.82, 2.24) is 9.88 Å². The Bertz CT molecular complexity index is 581. The standard InChI is InChI=1S/C20H30N2O3/c1-4-25-18-13-17(20(18)10-6-5-7-11-20)22(2)19(23)12-15-8-9-16(24-3)14-21-15/h8-9,14,17-18H,4-7,10-13H2,1-3H3. The van der Waals surface area contributed by atoms with Crippen LogP contribution in [-0.2, 0) is 16.0 Å². The number of rotatable bonds is 6. The van der Waals surface area contributed by atoms with Crippen LogP contribution < -0.4 is 4.74 Å². The summed E-state index contributed by atoms with van der Waals surface area (Å²) in [6, 6.07) is 4.02. The van der Waals surface area contributed by atoms with Gasteiger partial charge in [-0.25, -0.2) is 0 Å². The molecule has 5 heteroatoms. The van der Waals surface area contributed by atoms with Gasteiger partial charge in [-0.15, -0.1) is 0 Å². The largest absolute Gasteiger partial charge is 0.495 e. The molecule has 25 heavy (non-hydrogen) atoms. The Labute approximate surface area is 150 Å². The third-order valence-corrected chi connectivity index (χ3v) is 6.12. The van der Waals surface area contributed by atoms with E-state index in [1.807, 2.05) is 24.1 Å². The highest BCUT2D eigenvalue weighted by atomic mass is 16.5. The molecule has 2 fully saturated rings. The smallest absolute Gasteiger partial charge is 0.228 e. The predicted octanol–water partition coefficient (Wildman–Crippen LogP) is 3.22. The second-order valence-electron chi connectivity index (χ2n) is 7.36. The van der Waals surface area contributed by atoms with Gasteiger partial charge in [0.25, 0.3) is 0 Å². The van der Waals surface area contributed by atoms with Gasteiger partial charge in [0.15, 0.2) is 0 Å². The molecule has 0 bridgehead atoms. The number of carbonyl (C=O) groups is 1. The Hall–Kier alpha value is -1.62. The molecule has 5 nitrogen and oxygen atoms in total. The normalized spacial score (nSPS) is 24.6. The van der Waals surface area contributed by atoms with E-state index in [9.17, 15) is 4.79 Å². The number of nitrogens with zero attached hydrogens (tertiary/aromatic N) is 2. The number of pyridine rings is 1. The Morgan fingerprint density at radius 2 is 2.08 bits per heavy atom. The van der Waals surface area contributed by atoms with Gasteiger partial charge in [-0.05, 0) is 38.3 Å². The first-order chi connectivity index (χ1) is 12.1. The van der Waals surface area contributed by atoms with Crippen molar-refractivity contribution >= 4 is 5.91 Å². The molecule has 3 rings (SSSR count). The molecule has 1 spiro atoms. The van der Waals surface area contributed by atoms with Crippen LogP contribution in [0.2, 0.25) is 0 Å². The molecule has 0 aliphatic heterocycles. The van der Waals surface area contributed by atoms with E-state index in [0.29, 0.717) is 24.3 Å². The molecule has 1 aromatic rings. The molecule has 0 radical (unpaired) electrons. The monoisotopic (exact) mass is 346 g/mol. The first kappa shape index (κ1) is 18.2. The molecule has 2 unspecified atom stereocenters. The number of hydrogen-bond acceptors (Lipinski definition) is 4. The number of carbonyl (C=O) groups excluding carboxylic acids is 1. The molecule has 138 valence electrons. The van der Waals surface area contributed by atoms with E-state index < -0.39 is 0 Å². The Kier molecular flexibility index (Phi) is 5.62. The molecule has 0 saturated heterocycles. The van der Waals surface area contributed by atoms with E-state index in [4.69, 9.17) is 9.47 Å². The average molecular weight is 346 g/mol. The molecule has 2 aliphatic carbocycles. The maximum atomic E-state index is 12.8. The van der Waals surface area contributed by atoms with E-state index in [1.54, 1.807) is 13.3 Å². The van der Waals surface area contributed by atoms with Crippen molar-refractivity contribution in [2.24, 2.45) is 5.41 Å². The van der Waals surface area contributed by atoms with Gasteiger partial charge < -0.3 is 14.4 Å². The molecule has 1 amide bonds. The highest BCUT2D eigenvalue weighted by molar-refractivity contribution is 5.78. The van der Waals surface area contributed by atoms with E-state index in [2.05, 4.69) is 11.9 Å². The van der Waals surface area contributed by atoms with Gasteiger partial charge in [-0.1, -0.05) is 19.3 Å². The lowest BCUT2D eigenvalue weighted by atomic mass is 9.54. The number of ether oxygens (including phenoxy) is 2. The third-order valence-electron chi connectivity index (χ3n) is 6.12. The Balaban J connectivity index is 1.66. The summed E-state index contributed by atoms with van der Waals surface area (Å²) in [7, 11) is 3.57. The third kappa shape index (κ3) is 3.52. The second-order valence-corrected chi connectivity index (χ2v) is 7.36. The van der Waals surface area contributed by atoms with Crippen LogP contribution in [0.3, 0.4) is 0 Å². The van der Waals surface area contributed by atoms with E-state index in [0.717, 1.165) is 18.7 Å². The molecule has 0 N–H and O–H groups in total. The number of likely N-dealkylation sites (N-methyl/N-ethyl adjacent to an activating group) is 1. The van der Waals surface area contributed by atoms with Crippen molar-refractivity contribution in [3.63, 3.8) is 0 Å². The van der Waals surface area contributed by atoms with Gasteiger partial charge in [0, 0.05) is 30.8 Å². The summed E-state index contributed by atoms with van der Waals surface area (Å²) in [6.45, 7) is 2.82. The van der Waals surface area contributed by atoms with Crippen molar-refractivity contribution in [3.8, 4) is 5.75 Å². The minimum Gasteiger partial charge on any atom is -0.495 e. The van der Waals surface area contributed by atoms with Crippen LogP contribution in [0.1, 0.15) is 51.1 Å². The van der Waals surface area contributed by atoms with Crippen LogP contribution in [0.15, 0.2) is 18.3 Å². The van der Waals surface area contributed by atoms with Gasteiger partial charge in [0.2, 0.25) is 5.91 Å². The molecular weight excluding hydrogens is 316 g/mol. The van der Waals surface area contributed by atoms with Crippen LogP contribution in [0.5, 0.6) is 5.75 Å². The summed E-state index contributed by atoms with van der Waals surface area (Å²) in [5.41, 5.74) is 0.961. The zero-order valence-electron chi connectivity index (χ0n) is 15.7. The predicted molar refractivity (Wildman–Crippen MR) is 96.6 cm³/mol. The number of hydrogen-bond donors (Lipinski definition) is 0. The molecule has 1 heterocycles. The zero-order chi connectivity index (χ0) is 17.9. The van der Waals surface area contributed by atoms with E-state index >= 15 is 0 Å². The van der Waals surface area contributed by atoms with Crippen molar-refractivity contribution in [1.29, 1.82) is 0 Å². The number of aromatic nitrogens is 1. The van der Waals surface area contributed by atoms with Crippen LogP contribution in [-0.4, -0.2) is 48.7 Å². The number of methoxy groups -OCH3 is 1. The lowest BCUT2D eigenvalue weighted by Crippen LogP contribution is -2.65. The van der Waals surface area contributed by atoms with Crippen molar-refractivity contribution < 1.29 is 14.3 Å². The summed E-state index contributed by atoms with van der Waals surface area (Å²) >= 11 is 0. The molecular formula is C20H30N2O3. The summed E-state index contributed by atoms with van der Waals surface area (Å²) in [5, 5.41) is 0. The number of amides is 1. The molecule has 0 aromatic carbocycles. The first-order valence-electron chi connectivity index (χ1n) is 9.47. The van der Waals surface area contributed by atoms with E-state index in [-0.39, 0.29) is 11.3 Å². The fourth-order valence-electron chi connectivity index (χ4n) is 4.66. The van der Waals surface area contributed by atoms with Crippen molar-refractivity contribution in [2.45, 2.75) is 64.0 Å². The molecule has 1 aromatic heterocycles. The van der Waals surface area contributed by atoms with E-state index in [1.165, 1.54) is 32.1 Å². The quantitative estimate of drug-likeness (QED) is 0.794. The van der Waals surface area contributed by atoms with Crippen LogP contribution >= 0.6 is 0 Å². The second kappa shape index (κ2) is 7.73. The van der Waals surface area contributed by atoms with Gasteiger partial charge in [-0.2, -0.15) is 0 Å². The highest BCUT2D eigenvalue weighted by Crippen LogP contribution is 2.55. The fourth-order valence-corrected chi connectivity index (χ4v) is 4.66. The van der Waals surface area contributed by atoms with Crippen LogP contribution in [0.4, 0.5) is 0 Å². The molecule has 2 saturated carbocycles. The minimum absolute atomic E-state index is 0.141. The highest BCUT2D eigenvalue weighted by Gasteiger charge is 2.57. The Morgan fingerprint density at radius 1 is 1.32 bits per heavy atom. The van der Waals surface area contributed by atoms with Crippen LogP contribution in [0.25, 0.3) is 0 Å². The summed E-state index contributed by atoms with van der Waals surface area (Å²) < 4.78 is 11.1. The molecule has 2 aliphatic rings. The van der Waals surface area contributed by atoms with Gasteiger partial charge in [0.05, 0.1) is 25.8 Å². The minimum atomic E-state index is 0.141. The van der Waals surface area contributed by atoms with Gasteiger partial charge in [0.1, 0.15) is 5.75 Å². The summed E-state index contributed by atoms with van der Waals surface area (Å²) in [4.78, 5) is 19.1. The molecule has 2 atom stereocenters. The topological polar surface area (TPSA) is 51.7 Å². The summed E-state index contributed by atoms with van der Waals surface area (Å²) in [6.07, 6.45) is 9.46. The maximum absolute atomic E-state index is 12.8. The first-order valence-corrected chi connectivity index (χ1v) is 9.47.